The minimum Gasteiger partial charge on any atom is -0.493 e. The van der Waals surface area contributed by atoms with Crippen LogP contribution in [0, 0.1) is 0 Å². The van der Waals surface area contributed by atoms with E-state index in [4.69, 9.17) is 9.52 Å². The van der Waals surface area contributed by atoms with Gasteiger partial charge in [0.15, 0.2) is 5.78 Å². The molecule has 3 heterocycles. The summed E-state index contributed by atoms with van der Waals surface area (Å²) in [7, 11) is 0. The van der Waals surface area contributed by atoms with Crippen molar-refractivity contribution in [2.24, 2.45) is 0 Å². The van der Waals surface area contributed by atoms with Crippen LogP contribution < -0.4 is 0 Å². The first-order valence-corrected chi connectivity index (χ1v) is 10.8. The maximum absolute atomic E-state index is 12.8. The molecule has 0 spiro atoms. The van der Waals surface area contributed by atoms with E-state index < -0.39 is 5.97 Å². The number of furan rings is 1. The first-order chi connectivity index (χ1) is 15.9. The standard InChI is InChI=1S/C24H16BrN3O5/c25-14-4-6-19-15(11-14)17(20(29)7-8-22(30)31)12-28(19)24-26-18-5-3-13(21-2-1-9-33-21)10-16(18)23(32)27-24/h1-6,9-12H,7-8H2,(H,30,31)(H,26,27,32). The summed E-state index contributed by atoms with van der Waals surface area (Å²) in [5.74, 6) is -0.694. The van der Waals surface area contributed by atoms with Crippen LogP contribution in [0.5, 0.6) is 5.88 Å². The van der Waals surface area contributed by atoms with Gasteiger partial charge in [-0.15, -0.1) is 0 Å². The first-order valence-electron chi connectivity index (χ1n) is 10.0. The molecule has 0 amide bonds. The Morgan fingerprint density at radius 3 is 2.64 bits per heavy atom. The average Bonchev–Trinajstić information content (AvgIpc) is 3.45. The Morgan fingerprint density at radius 1 is 1.03 bits per heavy atom. The average molecular weight is 506 g/mol. The van der Waals surface area contributed by atoms with Gasteiger partial charge in [0, 0.05) is 33.6 Å². The lowest BCUT2D eigenvalue weighted by Crippen LogP contribution is -2.04. The number of benzene rings is 2. The number of carbonyl (C=O) groups excluding carboxylic acids is 1. The van der Waals surface area contributed by atoms with Gasteiger partial charge < -0.3 is 14.6 Å². The van der Waals surface area contributed by atoms with Crippen molar-refractivity contribution in [1.82, 2.24) is 14.5 Å². The fraction of sp³-hybridized carbons (Fsp3) is 0.0833. The lowest BCUT2D eigenvalue weighted by atomic mass is 10.1. The van der Waals surface area contributed by atoms with E-state index in [9.17, 15) is 14.7 Å². The lowest BCUT2D eigenvalue weighted by Gasteiger charge is -2.08. The van der Waals surface area contributed by atoms with Crippen LogP contribution in [0.25, 0.3) is 39.1 Å². The zero-order valence-corrected chi connectivity index (χ0v) is 18.6. The predicted molar refractivity (Wildman–Crippen MR) is 125 cm³/mol. The molecule has 0 fully saturated rings. The second kappa shape index (κ2) is 8.18. The minimum absolute atomic E-state index is 0.125. The molecule has 0 atom stereocenters. The van der Waals surface area contributed by atoms with Crippen molar-refractivity contribution in [2.75, 3.05) is 0 Å². The van der Waals surface area contributed by atoms with Gasteiger partial charge >= 0.3 is 5.97 Å². The number of carbonyl (C=O) groups is 2. The second-order valence-corrected chi connectivity index (χ2v) is 8.36. The molecule has 0 aliphatic rings. The Bertz CT molecular complexity index is 1540. The van der Waals surface area contributed by atoms with Crippen molar-refractivity contribution in [2.45, 2.75) is 12.8 Å². The van der Waals surface area contributed by atoms with Crippen LogP contribution in [0.1, 0.15) is 23.2 Å². The number of aromatic hydroxyl groups is 1. The maximum atomic E-state index is 12.8. The first kappa shape index (κ1) is 20.9. The van der Waals surface area contributed by atoms with Crippen LogP contribution in [0.4, 0.5) is 0 Å². The van der Waals surface area contributed by atoms with Gasteiger partial charge in [-0.05, 0) is 48.5 Å². The maximum Gasteiger partial charge on any atom is 0.303 e. The molecule has 0 saturated carbocycles. The molecule has 0 radical (unpaired) electrons. The van der Waals surface area contributed by atoms with Crippen molar-refractivity contribution < 1.29 is 24.2 Å². The number of hydrogen-bond donors (Lipinski definition) is 2. The largest absolute Gasteiger partial charge is 0.493 e. The number of carboxylic acid groups (broad SMARTS) is 1. The molecule has 9 heteroatoms. The second-order valence-electron chi connectivity index (χ2n) is 7.45. The highest BCUT2D eigenvalue weighted by Gasteiger charge is 2.19. The number of carboxylic acids is 1. The highest BCUT2D eigenvalue weighted by molar-refractivity contribution is 9.10. The van der Waals surface area contributed by atoms with E-state index in [-0.39, 0.29) is 30.5 Å². The molecule has 8 nitrogen and oxygen atoms in total. The van der Waals surface area contributed by atoms with Gasteiger partial charge in [0.05, 0.1) is 29.1 Å². The summed E-state index contributed by atoms with van der Waals surface area (Å²) in [4.78, 5) is 32.5. The fourth-order valence-corrected chi connectivity index (χ4v) is 4.11. The molecule has 5 rings (SSSR count). The fourth-order valence-electron chi connectivity index (χ4n) is 3.75. The minimum atomic E-state index is -1.04. The van der Waals surface area contributed by atoms with Crippen LogP contribution in [0.15, 0.2) is 69.9 Å². The van der Waals surface area contributed by atoms with E-state index in [1.807, 2.05) is 18.2 Å². The summed E-state index contributed by atoms with van der Waals surface area (Å²) in [6, 6.07) is 14.4. The van der Waals surface area contributed by atoms with Gasteiger partial charge in [-0.2, -0.15) is 4.98 Å². The van der Waals surface area contributed by atoms with Crippen molar-refractivity contribution in [3.63, 3.8) is 0 Å². The molecule has 0 bridgehead atoms. The highest BCUT2D eigenvalue weighted by Crippen LogP contribution is 2.32. The molecule has 3 aromatic heterocycles. The van der Waals surface area contributed by atoms with E-state index in [1.54, 1.807) is 47.4 Å². The molecular weight excluding hydrogens is 490 g/mol. The van der Waals surface area contributed by atoms with Gasteiger partial charge in [0.1, 0.15) is 5.76 Å². The Morgan fingerprint density at radius 2 is 1.88 bits per heavy atom. The number of hydrogen-bond acceptors (Lipinski definition) is 6. The van der Waals surface area contributed by atoms with Crippen LogP contribution in [-0.4, -0.2) is 36.5 Å². The predicted octanol–water partition coefficient (Wildman–Crippen LogP) is 5.35. The molecule has 0 saturated heterocycles. The van der Waals surface area contributed by atoms with Crippen LogP contribution in [-0.2, 0) is 4.79 Å². The third-order valence-corrected chi connectivity index (χ3v) is 5.81. The molecule has 164 valence electrons. The molecule has 33 heavy (non-hydrogen) atoms. The topological polar surface area (TPSA) is 118 Å². The van der Waals surface area contributed by atoms with Crippen molar-refractivity contribution in [1.29, 1.82) is 0 Å². The monoisotopic (exact) mass is 505 g/mol. The van der Waals surface area contributed by atoms with Crippen molar-refractivity contribution in [3.05, 3.63) is 71.0 Å². The molecule has 2 N–H and O–H groups in total. The van der Waals surface area contributed by atoms with Gasteiger partial charge in [0.2, 0.25) is 11.8 Å². The Balaban J connectivity index is 1.64. The number of aliphatic carboxylic acids is 1. The lowest BCUT2D eigenvalue weighted by molar-refractivity contribution is -0.136. The number of nitrogens with zero attached hydrogens (tertiary/aromatic N) is 3. The zero-order chi connectivity index (χ0) is 23.1. The van der Waals surface area contributed by atoms with Crippen molar-refractivity contribution in [3.8, 4) is 23.2 Å². The van der Waals surface area contributed by atoms with Gasteiger partial charge in [-0.3, -0.25) is 14.2 Å². The van der Waals surface area contributed by atoms with Crippen LogP contribution in [0.2, 0.25) is 0 Å². The molecule has 0 aliphatic carbocycles. The SMILES string of the molecule is O=C(O)CCC(=O)c1cn(-c2nc(O)c3cc(-c4ccco4)ccc3n2)c2ccc(Br)cc12. The van der Waals surface area contributed by atoms with Gasteiger partial charge in [-0.25, -0.2) is 4.98 Å². The molecule has 2 aromatic carbocycles. The molecule has 0 aliphatic heterocycles. The smallest absolute Gasteiger partial charge is 0.303 e. The summed E-state index contributed by atoms with van der Waals surface area (Å²) >= 11 is 3.42. The third kappa shape index (κ3) is 3.87. The Hall–Kier alpha value is -3.98. The van der Waals surface area contributed by atoms with E-state index in [0.29, 0.717) is 33.1 Å². The van der Waals surface area contributed by atoms with E-state index in [0.717, 1.165) is 10.0 Å². The van der Waals surface area contributed by atoms with E-state index in [1.165, 1.54) is 0 Å². The molecule has 5 aromatic rings. The summed E-state index contributed by atoms with van der Waals surface area (Å²) in [5.41, 5.74) is 2.32. The number of ketones is 1. The van der Waals surface area contributed by atoms with E-state index in [2.05, 4.69) is 25.9 Å². The summed E-state index contributed by atoms with van der Waals surface area (Å²) in [6.07, 6.45) is 2.77. The molecule has 0 unspecified atom stereocenters. The van der Waals surface area contributed by atoms with Crippen molar-refractivity contribution >= 4 is 49.5 Å². The quantitative estimate of drug-likeness (QED) is 0.298. The number of halogens is 1. The number of aromatic nitrogens is 3. The molecular formula is C24H16BrN3O5. The third-order valence-electron chi connectivity index (χ3n) is 5.32. The summed E-state index contributed by atoms with van der Waals surface area (Å²) in [6.45, 7) is 0. The van der Waals surface area contributed by atoms with Gasteiger partial charge in [0.25, 0.3) is 0 Å². The normalized spacial score (nSPS) is 11.3. The Labute approximate surface area is 195 Å². The van der Waals surface area contributed by atoms with Crippen LogP contribution >= 0.6 is 15.9 Å². The van der Waals surface area contributed by atoms with E-state index >= 15 is 0 Å². The summed E-state index contributed by atoms with van der Waals surface area (Å²) in [5, 5.41) is 20.7. The number of Topliss-reactive ketones (excluding diaryl/α,β-unsaturated/α-hetero) is 1. The number of fused-ring (bicyclic) bond motifs is 2. The number of rotatable bonds is 6. The zero-order valence-electron chi connectivity index (χ0n) is 17.0. The highest BCUT2D eigenvalue weighted by atomic mass is 79.9. The summed E-state index contributed by atoms with van der Waals surface area (Å²) < 4.78 is 7.81. The van der Waals surface area contributed by atoms with Crippen LogP contribution in [0.3, 0.4) is 0 Å². The van der Waals surface area contributed by atoms with Gasteiger partial charge in [-0.1, -0.05) is 15.9 Å². The Kier molecular flexibility index (Phi) is 5.18.